The lowest BCUT2D eigenvalue weighted by Crippen LogP contribution is -2.35. The summed E-state index contributed by atoms with van der Waals surface area (Å²) in [5, 5.41) is 16.9. The van der Waals surface area contributed by atoms with E-state index in [9.17, 15) is 9.59 Å². The summed E-state index contributed by atoms with van der Waals surface area (Å²) in [5.74, 6) is -0.416. The first-order valence-electron chi connectivity index (χ1n) is 7.09. The summed E-state index contributed by atoms with van der Waals surface area (Å²) in [6, 6.07) is 13.3. The maximum atomic E-state index is 11.8. The molecule has 0 heterocycles. The number of urea groups is 1. The fourth-order valence-electron chi connectivity index (χ4n) is 1.95. The quantitative estimate of drug-likeness (QED) is 0.795. The molecule has 2 aromatic rings. The molecule has 0 aliphatic carbocycles. The smallest absolute Gasteiger partial charge is 0.319 e. The van der Waals surface area contributed by atoms with Gasteiger partial charge in [-0.25, -0.2) is 4.79 Å². The molecule has 3 amide bonds. The number of anilines is 2. The van der Waals surface area contributed by atoms with Crippen molar-refractivity contribution in [1.29, 1.82) is 5.26 Å². The minimum absolute atomic E-state index is 0.206. The number of carbonyl (C=O) groups is 2. The summed E-state index contributed by atoms with van der Waals surface area (Å²) in [7, 11) is 0. The number of rotatable bonds is 4. The highest BCUT2D eigenvalue weighted by Gasteiger charge is 2.08. The Kier molecular flexibility index (Phi) is 5.77. The van der Waals surface area contributed by atoms with Crippen molar-refractivity contribution in [2.24, 2.45) is 0 Å². The minimum Gasteiger partial charge on any atom is -0.329 e. The molecule has 0 aliphatic heterocycles. The van der Waals surface area contributed by atoms with E-state index in [1.807, 2.05) is 31.2 Å². The second kappa shape index (κ2) is 7.99. The van der Waals surface area contributed by atoms with Gasteiger partial charge in [-0.05, 0) is 42.8 Å². The third-order valence-corrected chi connectivity index (χ3v) is 3.39. The molecule has 7 heteroatoms. The Bertz CT molecular complexity index is 814. The minimum atomic E-state index is -0.482. The third-order valence-electron chi connectivity index (χ3n) is 3.06. The summed E-state index contributed by atoms with van der Waals surface area (Å²) < 4.78 is 0. The Labute approximate surface area is 144 Å². The van der Waals surface area contributed by atoms with Gasteiger partial charge >= 0.3 is 6.03 Å². The molecule has 0 spiro atoms. The van der Waals surface area contributed by atoms with Gasteiger partial charge in [0.25, 0.3) is 0 Å². The molecular formula is C17H15ClN4O2. The van der Waals surface area contributed by atoms with E-state index in [0.29, 0.717) is 16.4 Å². The first-order valence-corrected chi connectivity index (χ1v) is 7.47. The predicted molar refractivity (Wildman–Crippen MR) is 93.0 cm³/mol. The summed E-state index contributed by atoms with van der Waals surface area (Å²) in [5.41, 5.74) is 2.35. The van der Waals surface area contributed by atoms with Crippen LogP contribution in [0.4, 0.5) is 16.2 Å². The molecule has 2 aromatic carbocycles. The topological polar surface area (TPSA) is 94.0 Å². The Morgan fingerprint density at radius 1 is 1.12 bits per heavy atom. The van der Waals surface area contributed by atoms with E-state index in [-0.39, 0.29) is 12.1 Å². The van der Waals surface area contributed by atoms with Gasteiger partial charge in [0, 0.05) is 11.4 Å². The van der Waals surface area contributed by atoms with Crippen LogP contribution in [0.15, 0.2) is 42.5 Å². The third kappa shape index (κ3) is 5.00. The van der Waals surface area contributed by atoms with Crippen LogP contribution in [-0.4, -0.2) is 18.5 Å². The van der Waals surface area contributed by atoms with Gasteiger partial charge in [-0.3, -0.25) is 4.79 Å². The monoisotopic (exact) mass is 342 g/mol. The molecule has 24 heavy (non-hydrogen) atoms. The van der Waals surface area contributed by atoms with E-state index in [4.69, 9.17) is 16.9 Å². The van der Waals surface area contributed by atoms with Gasteiger partial charge < -0.3 is 16.0 Å². The highest BCUT2D eigenvalue weighted by molar-refractivity contribution is 6.31. The molecule has 0 bridgehead atoms. The molecule has 3 N–H and O–H groups in total. The van der Waals surface area contributed by atoms with Crippen molar-refractivity contribution in [2.45, 2.75) is 6.92 Å². The molecule has 0 unspecified atom stereocenters. The van der Waals surface area contributed by atoms with E-state index in [0.717, 1.165) is 5.56 Å². The fraction of sp³-hybridized carbons (Fsp3) is 0.118. The van der Waals surface area contributed by atoms with Crippen LogP contribution in [0.1, 0.15) is 11.1 Å². The van der Waals surface area contributed by atoms with Crippen LogP contribution in [-0.2, 0) is 4.79 Å². The summed E-state index contributed by atoms with van der Waals surface area (Å²) in [6.45, 7) is 1.71. The maximum Gasteiger partial charge on any atom is 0.319 e. The number of hydrogen-bond donors (Lipinski definition) is 3. The van der Waals surface area contributed by atoms with Crippen molar-refractivity contribution < 1.29 is 9.59 Å². The molecule has 0 aliphatic rings. The Balaban J connectivity index is 1.85. The number of nitriles is 1. The number of amides is 3. The van der Waals surface area contributed by atoms with Gasteiger partial charge in [0.1, 0.15) is 6.07 Å². The zero-order chi connectivity index (χ0) is 17.5. The zero-order valence-electron chi connectivity index (χ0n) is 12.9. The predicted octanol–water partition coefficient (Wildman–Crippen LogP) is 3.28. The van der Waals surface area contributed by atoms with E-state index in [2.05, 4.69) is 16.0 Å². The van der Waals surface area contributed by atoms with Crippen LogP contribution in [0.2, 0.25) is 5.02 Å². The average molecular weight is 343 g/mol. The second-order valence-electron chi connectivity index (χ2n) is 5.03. The lowest BCUT2D eigenvalue weighted by atomic mass is 10.2. The first kappa shape index (κ1) is 17.3. The Morgan fingerprint density at radius 3 is 2.58 bits per heavy atom. The van der Waals surface area contributed by atoms with Crippen molar-refractivity contribution >= 4 is 34.9 Å². The number of carbonyl (C=O) groups excluding carboxylic acids is 2. The van der Waals surface area contributed by atoms with E-state index in [1.165, 1.54) is 12.1 Å². The average Bonchev–Trinajstić information content (AvgIpc) is 2.55. The lowest BCUT2D eigenvalue weighted by Gasteiger charge is -2.09. The van der Waals surface area contributed by atoms with E-state index in [1.54, 1.807) is 12.1 Å². The van der Waals surface area contributed by atoms with Crippen molar-refractivity contribution in [3.8, 4) is 6.07 Å². The molecule has 0 aromatic heterocycles. The Hall–Kier alpha value is -3.04. The number of aryl methyl sites for hydroxylation is 1. The van der Waals surface area contributed by atoms with Crippen LogP contribution in [0.3, 0.4) is 0 Å². The van der Waals surface area contributed by atoms with Gasteiger partial charge in [0.05, 0.1) is 17.1 Å². The van der Waals surface area contributed by atoms with Crippen LogP contribution in [0.25, 0.3) is 0 Å². The SMILES string of the molecule is Cc1cccc(NC(=O)NCC(=O)Nc2ccc(Cl)c(C#N)c2)c1. The van der Waals surface area contributed by atoms with Crippen LogP contribution >= 0.6 is 11.6 Å². The number of benzene rings is 2. The van der Waals surface area contributed by atoms with Gasteiger partial charge in [-0.15, -0.1) is 0 Å². The summed E-state index contributed by atoms with van der Waals surface area (Å²) >= 11 is 5.82. The lowest BCUT2D eigenvalue weighted by molar-refractivity contribution is -0.115. The number of halogens is 1. The molecule has 2 rings (SSSR count). The molecule has 6 nitrogen and oxygen atoms in total. The van der Waals surface area contributed by atoms with E-state index >= 15 is 0 Å². The number of nitrogens with zero attached hydrogens (tertiary/aromatic N) is 1. The van der Waals surface area contributed by atoms with Gasteiger partial charge in [0.2, 0.25) is 5.91 Å². The van der Waals surface area contributed by atoms with Crippen molar-refractivity contribution in [1.82, 2.24) is 5.32 Å². The maximum absolute atomic E-state index is 11.8. The van der Waals surface area contributed by atoms with E-state index < -0.39 is 11.9 Å². The summed E-state index contributed by atoms with van der Waals surface area (Å²) in [6.07, 6.45) is 0. The number of nitrogens with one attached hydrogen (secondary N) is 3. The molecule has 0 saturated carbocycles. The van der Waals surface area contributed by atoms with Crippen LogP contribution in [0, 0.1) is 18.3 Å². The fourth-order valence-corrected chi connectivity index (χ4v) is 2.11. The van der Waals surface area contributed by atoms with Gasteiger partial charge in [-0.2, -0.15) is 5.26 Å². The molecule has 0 saturated heterocycles. The Morgan fingerprint density at radius 2 is 1.88 bits per heavy atom. The molecule has 0 atom stereocenters. The zero-order valence-corrected chi connectivity index (χ0v) is 13.6. The highest BCUT2D eigenvalue weighted by atomic mass is 35.5. The second-order valence-corrected chi connectivity index (χ2v) is 5.44. The molecule has 0 fully saturated rings. The van der Waals surface area contributed by atoms with Crippen LogP contribution < -0.4 is 16.0 Å². The largest absolute Gasteiger partial charge is 0.329 e. The standard InChI is InChI=1S/C17H15ClN4O2/c1-11-3-2-4-13(7-11)22-17(24)20-10-16(23)21-14-5-6-15(18)12(8-14)9-19/h2-8H,10H2,1H3,(H,21,23)(H2,20,22,24). The molecule has 0 radical (unpaired) electrons. The normalized spacial score (nSPS) is 9.71. The highest BCUT2D eigenvalue weighted by Crippen LogP contribution is 2.19. The van der Waals surface area contributed by atoms with Gasteiger partial charge in [0.15, 0.2) is 0 Å². The van der Waals surface area contributed by atoms with Crippen molar-refractivity contribution in [3.63, 3.8) is 0 Å². The van der Waals surface area contributed by atoms with Crippen molar-refractivity contribution in [3.05, 3.63) is 58.6 Å². The number of hydrogen-bond acceptors (Lipinski definition) is 3. The van der Waals surface area contributed by atoms with Gasteiger partial charge in [-0.1, -0.05) is 23.7 Å². The molecule has 122 valence electrons. The van der Waals surface area contributed by atoms with Crippen LogP contribution in [0.5, 0.6) is 0 Å². The van der Waals surface area contributed by atoms with Crippen molar-refractivity contribution in [2.75, 3.05) is 17.2 Å². The molecular weight excluding hydrogens is 328 g/mol. The first-order chi connectivity index (χ1) is 11.5. The summed E-state index contributed by atoms with van der Waals surface area (Å²) in [4.78, 5) is 23.6.